The van der Waals surface area contributed by atoms with Crippen molar-refractivity contribution in [2.45, 2.75) is 26.8 Å². The lowest BCUT2D eigenvalue weighted by Crippen LogP contribution is -2.45. The summed E-state index contributed by atoms with van der Waals surface area (Å²) in [5.41, 5.74) is 1.02. The average Bonchev–Trinajstić information content (AvgIpc) is 2.68. The molecule has 1 aliphatic heterocycles. The zero-order chi connectivity index (χ0) is 20.5. The molecule has 2 N–H and O–H groups in total. The molecule has 7 heteroatoms. The first-order valence-corrected chi connectivity index (χ1v) is 9.96. The minimum atomic E-state index is 0.598. The Kier molecular flexibility index (Phi) is 8.70. The summed E-state index contributed by atoms with van der Waals surface area (Å²) in [4.78, 5) is 6.86. The van der Waals surface area contributed by atoms with Crippen LogP contribution in [-0.4, -0.2) is 65.4 Å². The van der Waals surface area contributed by atoms with Gasteiger partial charge >= 0.3 is 0 Å². The molecule has 0 saturated carbocycles. The van der Waals surface area contributed by atoms with Gasteiger partial charge in [-0.05, 0) is 36.0 Å². The van der Waals surface area contributed by atoms with Gasteiger partial charge in [-0.15, -0.1) is 0 Å². The summed E-state index contributed by atoms with van der Waals surface area (Å²) in [6.45, 7) is 9.55. The Morgan fingerprint density at radius 2 is 1.64 bits per heavy atom. The third-order valence-electron chi connectivity index (χ3n) is 5.07. The van der Waals surface area contributed by atoms with Crippen LogP contribution < -0.4 is 24.8 Å². The van der Waals surface area contributed by atoms with Crippen LogP contribution in [-0.2, 0) is 6.54 Å². The quantitative estimate of drug-likeness (QED) is 0.523. The van der Waals surface area contributed by atoms with Gasteiger partial charge in [-0.3, -0.25) is 4.99 Å². The van der Waals surface area contributed by atoms with Crippen molar-refractivity contribution in [1.29, 1.82) is 0 Å². The van der Waals surface area contributed by atoms with E-state index in [0.29, 0.717) is 23.8 Å². The molecule has 28 heavy (non-hydrogen) atoms. The van der Waals surface area contributed by atoms with Gasteiger partial charge in [0.15, 0.2) is 17.5 Å². The third-order valence-corrected chi connectivity index (χ3v) is 5.07. The lowest BCUT2D eigenvalue weighted by Gasteiger charge is -2.35. The van der Waals surface area contributed by atoms with Crippen molar-refractivity contribution < 1.29 is 14.2 Å². The molecule has 7 nitrogen and oxygen atoms in total. The first-order valence-electron chi connectivity index (χ1n) is 9.96. The van der Waals surface area contributed by atoms with Gasteiger partial charge in [-0.1, -0.05) is 13.8 Å². The Labute approximate surface area is 169 Å². The number of methoxy groups -OCH3 is 3. The second-order valence-electron chi connectivity index (χ2n) is 7.59. The zero-order valence-corrected chi connectivity index (χ0v) is 18.2. The van der Waals surface area contributed by atoms with Crippen LogP contribution in [0, 0.1) is 11.8 Å². The normalized spacial score (nSPS) is 20.6. The van der Waals surface area contributed by atoms with E-state index in [4.69, 9.17) is 14.2 Å². The fourth-order valence-corrected chi connectivity index (χ4v) is 3.95. The number of hydrogen-bond donors (Lipinski definition) is 2. The smallest absolute Gasteiger partial charge is 0.203 e. The van der Waals surface area contributed by atoms with E-state index in [1.165, 1.54) is 19.5 Å². The molecular weight excluding hydrogens is 356 g/mol. The fourth-order valence-electron chi connectivity index (χ4n) is 3.95. The highest BCUT2D eigenvalue weighted by Gasteiger charge is 2.21. The first-order chi connectivity index (χ1) is 13.5. The summed E-state index contributed by atoms with van der Waals surface area (Å²) in [5, 5.41) is 6.76. The molecule has 1 heterocycles. The van der Waals surface area contributed by atoms with Crippen LogP contribution in [0.4, 0.5) is 0 Å². The number of aliphatic imine (C=N–C) groups is 1. The summed E-state index contributed by atoms with van der Waals surface area (Å²) in [5.74, 6) is 4.24. The SMILES string of the molecule is CN=C(NCCN1CC(C)CC(C)C1)NCc1cc(OC)c(OC)c(OC)c1. The Hall–Kier alpha value is -2.15. The van der Waals surface area contributed by atoms with Crippen LogP contribution in [0.15, 0.2) is 17.1 Å². The Morgan fingerprint density at radius 1 is 1.04 bits per heavy atom. The van der Waals surface area contributed by atoms with Crippen molar-refractivity contribution in [3.63, 3.8) is 0 Å². The molecule has 1 saturated heterocycles. The van der Waals surface area contributed by atoms with Crippen LogP contribution in [0.25, 0.3) is 0 Å². The average molecular weight is 393 g/mol. The Balaban J connectivity index is 1.86. The van der Waals surface area contributed by atoms with Gasteiger partial charge in [0.1, 0.15) is 0 Å². The van der Waals surface area contributed by atoms with Crippen molar-refractivity contribution in [2.24, 2.45) is 16.8 Å². The van der Waals surface area contributed by atoms with Gasteiger partial charge in [0, 0.05) is 39.8 Å². The van der Waals surface area contributed by atoms with Gasteiger partial charge in [0.05, 0.1) is 21.3 Å². The molecular formula is C21H36N4O3. The predicted octanol–water partition coefficient (Wildman–Crippen LogP) is 2.36. The van der Waals surface area contributed by atoms with E-state index in [0.717, 1.165) is 36.4 Å². The highest BCUT2D eigenvalue weighted by atomic mass is 16.5. The molecule has 2 atom stereocenters. The largest absolute Gasteiger partial charge is 0.493 e. The third kappa shape index (κ3) is 6.19. The number of likely N-dealkylation sites (tertiary alicyclic amines) is 1. The molecule has 1 fully saturated rings. The lowest BCUT2D eigenvalue weighted by atomic mass is 9.92. The van der Waals surface area contributed by atoms with E-state index in [9.17, 15) is 0 Å². The summed E-state index contributed by atoms with van der Waals surface area (Å²) < 4.78 is 16.2. The van der Waals surface area contributed by atoms with Gasteiger partial charge in [0.2, 0.25) is 5.75 Å². The highest BCUT2D eigenvalue weighted by molar-refractivity contribution is 5.79. The molecule has 158 valence electrons. The highest BCUT2D eigenvalue weighted by Crippen LogP contribution is 2.38. The molecule has 0 aromatic heterocycles. The maximum Gasteiger partial charge on any atom is 0.203 e. The molecule has 2 rings (SSSR count). The summed E-state index contributed by atoms with van der Waals surface area (Å²) >= 11 is 0. The van der Waals surface area contributed by atoms with Crippen molar-refractivity contribution >= 4 is 5.96 Å². The number of rotatable bonds is 8. The number of piperidine rings is 1. The van der Waals surface area contributed by atoms with Crippen molar-refractivity contribution in [3.8, 4) is 17.2 Å². The summed E-state index contributed by atoms with van der Waals surface area (Å²) in [7, 11) is 6.64. The molecule has 0 aliphatic carbocycles. The van der Waals surface area contributed by atoms with Crippen LogP contribution in [0.5, 0.6) is 17.2 Å². The minimum Gasteiger partial charge on any atom is -0.493 e. The molecule has 1 aromatic rings. The van der Waals surface area contributed by atoms with Gasteiger partial charge in [-0.2, -0.15) is 0 Å². The minimum absolute atomic E-state index is 0.598. The van der Waals surface area contributed by atoms with Gasteiger partial charge < -0.3 is 29.7 Å². The molecule has 0 bridgehead atoms. The lowest BCUT2D eigenvalue weighted by molar-refractivity contribution is 0.143. The molecule has 1 aromatic carbocycles. The topological polar surface area (TPSA) is 67.4 Å². The maximum absolute atomic E-state index is 5.42. The van der Waals surface area contributed by atoms with E-state index in [1.54, 1.807) is 28.4 Å². The summed E-state index contributed by atoms with van der Waals surface area (Å²) in [6.07, 6.45) is 1.34. The van der Waals surface area contributed by atoms with Crippen LogP contribution in [0.1, 0.15) is 25.8 Å². The van der Waals surface area contributed by atoms with Gasteiger partial charge in [0.25, 0.3) is 0 Å². The number of ether oxygens (including phenoxy) is 3. The number of benzene rings is 1. The second-order valence-corrected chi connectivity index (χ2v) is 7.59. The molecule has 0 amide bonds. The van der Waals surface area contributed by atoms with Gasteiger partial charge in [-0.25, -0.2) is 0 Å². The fraction of sp³-hybridized carbons (Fsp3) is 0.667. The number of hydrogen-bond acceptors (Lipinski definition) is 5. The van der Waals surface area contributed by atoms with Crippen LogP contribution >= 0.6 is 0 Å². The van der Waals surface area contributed by atoms with Crippen molar-refractivity contribution in [1.82, 2.24) is 15.5 Å². The van der Waals surface area contributed by atoms with Crippen LogP contribution in [0.2, 0.25) is 0 Å². The Morgan fingerprint density at radius 3 is 2.14 bits per heavy atom. The molecule has 2 unspecified atom stereocenters. The first kappa shape index (κ1) is 22.1. The molecule has 0 radical (unpaired) electrons. The van der Waals surface area contributed by atoms with Crippen LogP contribution in [0.3, 0.4) is 0 Å². The van der Waals surface area contributed by atoms with Crippen molar-refractivity contribution in [3.05, 3.63) is 17.7 Å². The number of nitrogens with one attached hydrogen (secondary N) is 2. The Bertz CT molecular complexity index is 616. The number of nitrogens with zero attached hydrogens (tertiary/aromatic N) is 2. The maximum atomic E-state index is 5.42. The summed E-state index contributed by atoms with van der Waals surface area (Å²) in [6, 6.07) is 3.89. The van der Waals surface area contributed by atoms with Crippen molar-refractivity contribution in [2.75, 3.05) is 54.6 Å². The van der Waals surface area contributed by atoms with E-state index in [-0.39, 0.29) is 0 Å². The van der Waals surface area contributed by atoms with E-state index >= 15 is 0 Å². The monoisotopic (exact) mass is 392 g/mol. The number of guanidine groups is 1. The van der Waals surface area contributed by atoms with E-state index in [1.807, 2.05) is 12.1 Å². The molecule has 1 aliphatic rings. The van der Waals surface area contributed by atoms with E-state index < -0.39 is 0 Å². The molecule has 0 spiro atoms. The zero-order valence-electron chi connectivity index (χ0n) is 18.2. The predicted molar refractivity (Wildman–Crippen MR) is 114 cm³/mol. The second kappa shape index (κ2) is 11.0. The standard InChI is InChI=1S/C21H36N4O3/c1-15-9-16(2)14-25(13-15)8-7-23-21(22-3)24-12-17-10-18(26-4)20(28-6)19(11-17)27-5/h10-11,15-16H,7-9,12-14H2,1-6H3,(H2,22,23,24). The van der Waals surface area contributed by atoms with E-state index in [2.05, 4.69) is 34.4 Å².